The van der Waals surface area contributed by atoms with Gasteiger partial charge >= 0.3 is 0 Å². The molecule has 1 heterocycles. The molecule has 1 amide bonds. The lowest BCUT2D eigenvalue weighted by Gasteiger charge is -2.17. The first kappa shape index (κ1) is 13.7. The first-order valence-electron chi connectivity index (χ1n) is 6.18. The quantitative estimate of drug-likeness (QED) is 0.933. The monoisotopic (exact) mass is 318 g/mol. The summed E-state index contributed by atoms with van der Waals surface area (Å²) in [6.45, 7) is 2.05. The van der Waals surface area contributed by atoms with E-state index >= 15 is 0 Å². The van der Waals surface area contributed by atoms with Crippen LogP contribution < -0.4 is 5.32 Å². The number of carbonyl (C=O) groups is 1. The molecule has 0 fully saturated rings. The Morgan fingerprint density at radius 1 is 1.26 bits per heavy atom. The van der Waals surface area contributed by atoms with Crippen molar-refractivity contribution in [2.45, 2.75) is 19.4 Å². The third kappa shape index (κ3) is 3.64. The summed E-state index contributed by atoms with van der Waals surface area (Å²) in [6, 6.07) is 13.3. The second-order valence-corrected chi connectivity index (χ2v) is 5.12. The third-order valence-corrected chi connectivity index (χ3v) is 3.41. The smallest absolute Gasteiger partial charge is 0.270 e. The lowest BCUT2D eigenvalue weighted by atomic mass is 10.0. The third-order valence-electron chi connectivity index (χ3n) is 2.88. The summed E-state index contributed by atoms with van der Waals surface area (Å²) in [5.41, 5.74) is 1.54. The molecule has 98 valence electrons. The highest BCUT2D eigenvalue weighted by atomic mass is 79.9. The van der Waals surface area contributed by atoms with Gasteiger partial charge in [0.25, 0.3) is 5.91 Å². The zero-order valence-electron chi connectivity index (χ0n) is 10.6. The number of hydrogen-bond donors (Lipinski definition) is 1. The highest BCUT2D eigenvalue weighted by Crippen LogP contribution is 2.19. The van der Waals surface area contributed by atoms with E-state index in [4.69, 9.17) is 0 Å². The molecule has 0 aliphatic carbocycles. The van der Waals surface area contributed by atoms with Crippen molar-refractivity contribution in [1.29, 1.82) is 0 Å². The van der Waals surface area contributed by atoms with Crippen molar-refractivity contribution >= 4 is 21.8 Å². The summed E-state index contributed by atoms with van der Waals surface area (Å²) >= 11 is 3.41. The van der Waals surface area contributed by atoms with Gasteiger partial charge in [-0.2, -0.15) is 0 Å². The summed E-state index contributed by atoms with van der Waals surface area (Å²) < 4.78 is 1.03. The van der Waals surface area contributed by atoms with E-state index in [-0.39, 0.29) is 11.9 Å². The number of rotatable bonds is 4. The Balaban J connectivity index is 2.11. The van der Waals surface area contributed by atoms with Gasteiger partial charge < -0.3 is 5.32 Å². The Kier molecular flexibility index (Phi) is 4.68. The molecule has 0 radical (unpaired) electrons. The lowest BCUT2D eigenvalue weighted by Crippen LogP contribution is -2.28. The summed E-state index contributed by atoms with van der Waals surface area (Å²) in [4.78, 5) is 16.1. The van der Waals surface area contributed by atoms with Gasteiger partial charge in [-0.05, 0) is 36.2 Å². The van der Waals surface area contributed by atoms with Gasteiger partial charge in [0, 0.05) is 10.7 Å². The van der Waals surface area contributed by atoms with Gasteiger partial charge in [0.15, 0.2) is 0 Å². The van der Waals surface area contributed by atoms with Gasteiger partial charge in [-0.1, -0.05) is 41.1 Å². The summed E-state index contributed by atoms with van der Waals surface area (Å²) in [5, 5.41) is 3.00. The molecule has 19 heavy (non-hydrogen) atoms. The summed E-state index contributed by atoms with van der Waals surface area (Å²) in [6.07, 6.45) is 2.45. The van der Waals surface area contributed by atoms with E-state index in [1.54, 1.807) is 18.3 Å². The van der Waals surface area contributed by atoms with Crippen LogP contribution in [0.3, 0.4) is 0 Å². The van der Waals surface area contributed by atoms with Crippen LogP contribution >= 0.6 is 15.9 Å². The number of nitrogens with one attached hydrogen (secondary N) is 1. The number of hydrogen-bond acceptors (Lipinski definition) is 2. The molecule has 1 unspecified atom stereocenters. The Hall–Kier alpha value is -1.68. The van der Waals surface area contributed by atoms with Gasteiger partial charge in [0.1, 0.15) is 5.69 Å². The molecule has 0 bridgehead atoms. The first-order valence-corrected chi connectivity index (χ1v) is 6.97. The predicted molar refractivity (Wildman–Crippen MR) is 78.9 cm³/mol. The van der Waals surface area contributed by atoms with Gasteiger partial charge in [-0.3, -0.25) is 9.78 Å². The van der Waals surface area contributed by atoms with Gasteiger partial charge in [-0.15, -0.1) is 0 Å². The fraction of sp³-hybridized carbons (Fsp3) is 0.200. The van der Waals surface area contributed by atoms with Crippen molar-refractivity contribution in [2.24, 2.45) is 0 Å². The van der Waals surface area contributed by atoms with Crippen molar-refractivity contribution in [1.82, 2.24) is 10.3 Å². The van der Waals surface area contributed by atoms with Crippen molar-refractivity contribution in [3.63, 3.8) is 0 Å². The van der Waals surface area contributed by atoms with E-state index < -0.39 is 0 Å². The number of pyridine rings is 1. The fourth-order valence-corrected chi connectivity index (χ4v) is 2.11. The largest absolute Gasteiger partial charge is 0.344 e. The van der Waals surface area contributed by atoms with E-state index in [2.05, 4.69) is 26.2 Å². The normalized spacial score (nSPS) is 11.9. The van der Waals surface area contributed by atoms with Crippen LogP contribution in [0, 0.1) is 0 Å². The number of amides is 1. The minimum atomic E-state index is -0.143. The summed E-state index contributed by atoms with van der Waals surface area (Å²) in [5.74, 6) is -0.143. The SMILES string of the molecule is CCC(NC(=O)c1ccccn1)c1ccc(Br)cc1. The Bertz CT molecular complexity index is 540. The highest BCUT2D eigenvalue weighted by molar-refractivity contribution is 9.10. The van der Waals surface area contributed by atoms with E-state index in [1.165, 1.54) is 0 Å². The molecule has 4 heteroatoms. The molecule has 0 saturated carbocycles. The number of nitrogens with zero attached hydrogens (tertiary/aromatic N) is 1. The number of benzene rings is 1. The zero-order chi connectivity index (χ0) is 13.7. The molecule has 1 aromatic carbocycles. The molecular formula is C15H15BrN2O. The van der Waals surface area contributed by atoms with E-state index in [9.17, 15) is 4.79 Å². The predicted octanol–water partition coefficient (Wildman–Crippen LogP) is 3.73. The second kappa shape index (κ2) is 6.48. The van der Waals surface area contributed by atoms with Crippen LogP contribution in [0.15, 0.2) is 53.1 Å². The van der Waals surface area contributed by atoms with E-state index in [0.717, 1.165) is 16.5 Å². The molecule has 3 nitrogen and oxygen atoms in total. The van der Waals surface area contributed by atoms with Crippen LogP contribution in [-0.4, -0.2) is 10.9 Å². The summed E-state index contributed by atoms with van der Waals surface area (Å²) in [7, 11) is 0. The van der Waals surface area contributed by atoms with Crippen LogP contribution in [0.5, 0.6) is 0 Å². The Morgan fingerprint density at radius 3 is 2.58 bits per heavy atom. The first-order chi connectivity index (χ1) is 9.20. The number of aromatic nitrogens is 1. The molecule has 2 rings (SSSR count). The van der Waals surface area contributed by atoms with Gasteiger partial charge in [0.05, 0.1) is 6.04 Å². The van der Waals surface area contributed by atoms with Crippen molar-refractivity contribution in [3.05, 3.63) is 64.4 Å². The van der Waals surface area contributed by atoms with Gasteiger partial charge in [-0.25, -0.2) is 0 Å². The fourth-order valence-electron chi connectivity index (χ4n) is 1.85. The molecule has 0 saturated heterocycles. The molecule has 0 spiro atoms. The minimum Gasteiger partial charge on any atom is -0.344 e. The number of halogens is 1. The number of carbonyl (C=O) groups excluding carboxylic acids is 1. The molecule has 1 atom stereocenters. The average molecular weight is 319 g/mol. The Morgan fingerprint density at radius 2 is 2.00 bits per heavy atom. The molecule has 2 aromatic rings. The van der Waals surface area contributed by atoms with E-state index in [1.807, 2.05) is 37.3 Å². The maximum absolute atomic E-state index is 12.1. The van der Waals surface area contributed by atoms with Crippen LogP contribution in [0.4, 0.5) is 0 Å². The minimum absolute atomic E-state index is 0.00241. The second-order valence-electron chi connectivity index (χ2n) is 4.20. The van der Waals surface area contributed by atoms with Crippen molar-refractivity contribution < 1.29 is 4.79 Å². The van der Waals surface area contributed by atoms with E-state index in [0.29, 0.717) is 5.69 Å². The Labute approximate surface area is 121 Å². The average Bonchev–Trinajstić information content (AvgIpc) is 2.46. The molecule has 1 aromatic heterocycles. The van der Waals surface area contributed by atoms with Crippen LogP contribution in [0.25, 0.3) is 0 Å². The van der Waals surface area contributed by atoms with Crippen LogP contribution in [0.2, 0.25) is 0 Å². The highest BCUT2D eigenvalue weighted by Gasteiger charge is 2.14. The standard InChI is InChI=1S/C15H15BrN2O/c1-2-13(11-6-8-12(16)9-7-11)18-15(19)14-5-3-4-10-17-14/h3-10,13H,2H2,1H3,(H,18,19). The molecular weight excluding hydrogens is 304 g/mol. The van der Waals surface area contributed by atoms with Gasteiger partial charge in [0.2, 0.25) is 0 Å². The molecule has 0 aliphatic heterocycles. The molecule has 0 aliphatic rings. The molecule has 1 N–H and O–H groups in total. The van der Waals surface area contributed by atoms with Crippen LogP contribution in [-0.2, 0) is 0 Å². The lowest BCUT2D eigenvalue weighted by molar-refractivity contribution is 0.0930. The topological polar surface area (TPSA) is 42.0 Å². The zero-order valence-corrected chi connectivity index (χ0v) is 12.2. The maximum atomic E-state index is 12.1. The van der Waals surface area contributed by atoms with Crippen LogP contribution in [0.1, 0.15) is 35.4 Å². The maximum Gasteiger partial charge on any atom is 0.270 e. The van der Waals surface area contributed by atoms with Crippen molar-refractivity contribution in [3.8, 4) is 0 Å². The van der Waals surface area contributed by atoms with Crippen molar-refractivity contribution in [2.75, 3.05) is 0 Å².